The van der Waals surface area contributed by atoms with Gasteiger partial charge in [0.2, 0.25) is 15.9 Å². The molecule has 0 saturated carbocycles. The average molecular weight is 425 g/mol. The molecule has 0 aliphatic carbocycles. The summed E-state index contributed by atoms with van der Waals surface area (Å²) in [6.45, 7) is 4.13. The van der Waals surface area contributed by atoms with E-state index in [2.05, 4.69) is 5.32 Å². The summed E-state index contributed by atoms with van der Waals surface area (Å²) >= 11 is 6.02. The molecule has 0 radical (unpaired) electrons. The monoisotopic (exact) mass is 424 g/mol. The average Bonchev–Trinajstić information content (AvgIpc) is 2.64. The van der Waals surface area contributed by atoms with E-state index < -0.39 is 16.1 Å². The lowest BCUT2D eigenvalue weighted by Crippen LogP contribution is -2.50. The maximum absolute atomic E-state index is 12.7. The molecule has 2 aromatic rings. The van der Waals surface area contributed by atoms with Gasteiger partial charge < -0.3 is 10.1 Å². The van der Waals surface area contributed by atoms with E-state index in [-0.39, 0.29) is 19.1 Å². The van der Waals surface area contributed by atoms with Crippen molar-refractivity contribution in [2.24, 2.45) is 0 Å². The summed E-state index contributed by atoms with van der Waals surface area (Å²) in [4.78, 5) is 12.7. The minimum atomic E-state index is -3.64. The van der Waals surface area contributed by atoms with E-state index in [0.717, 1.165) is 16.1 Å². The first-order chi connectivity index (χ1) is 13.2. The molecule has 2 rings (SSSR count). The van der Waals surface area contributed by atoms with Crippen LogP contribution in [0.25, 0.3) is 0 Å². The molecule has 0 heterocycles. The number of ether oxygens (including phenoxy) is 1. The molecule has 28 heavy (non-hydrogen) atoms. The van der Waals surface area contributed by atoms with Crippen LogP contribution in [0.3, 0.4) is 0 Å². The second-order valence-corrected chi connectivity index (χ2v) is 8.65. The second-order valence-electron chi connectivity index (χ2n) is 6.39. The molecule has 0 spiro atoms. The highest BCUT2D eigenvalue weighted by molar-refractivity contribution is 7.92. The van der Waals surface area contributed by atoms with E-state index >= 15 is 0 Å². The van der Waals surface area contributed by atoms with Gasteiger partial charge in [0.25, 0.3) is 0 Å². The molecular weight excluding hydrogens is 400 g/mol. The van der Waals surface area contributed by atoms with Crippen LogP contribution in [-0.4, -0.2) is 39.8 Å². The fourth-order valence-electron chi connectivity index (χ4n) is 2.77. The summed E-state index contributed by atoms with van der Waals surface area (Å²) in [6.07, 6.45) is 1.43. The molecule has 0 unspecified atom stereocenters. The van der Waals surface area contributed by atoms with E-state index in [9.17, 15) is 13.2 Å². The summed E-state index contributed by atoms with van der Waals surface area (Å²) in [6, 6.07) is 13.2. The summed E-state index contributed by atoms with van der Waals surface area (Å²) in [5.41, 5.74) is 1.47. The topological polar surface area (TPSA) is 75.7 Å². The molecule has 2 aromatic carbocycles. The highest BCUT2D eigenvalue weighted by Crippen LogP contribution is 2.24. The molecule has 0 aliphatic rings. The number of nitrogens with zero attached hydrogens (tertiary/aromatic N) is 1. The lowest BCUT2D eigenvalue weighted by molar-refractivity contribution is -0.122. The quantitative estimate of drug-likeness (QED) is 0.626. The van der Waals surface area contributed by atoms with Gasteiger partial charge in [-0.05, 0) is 37.6 Å². The van der Waals surface area contributed by atoms with Crippen molar-refractivity contribution in [3.63, 3.8) is 0 Å². The van der Waals surface area contributed by atoms with Crippen LogP contribution in [0.15, 0.2) is 48.5 Å². The number of aryl methyl sites for hydroxylation is 1. The molecule has 152 valence electrons. The predicted octanol–water partition coefficient (Wildman–Crippen LogP) is 3.39. The summed E-state index contributed by atoms with van der Waals surface area (Å²) < 4.78 is 31.5. The van der Waals surface area contributed by atoms with Gasteiger partial charge >= 0.3 is 0 Å². The van der Waals surface area contributed by atoms with Gasteiger partial charge in [0, 0.05) is 0 Å². The first-order valence-electron chi connectivity index (χ1n) is 8.95. The molecule has 6 nitrogen and oxygen atoms in total. The Morgan fingerprint density at radius 2 is 1.82 bits per heavy atom. The van der Waals surface area contributed by atoms with Crippen LogP contribution in [0, 0.1) is 6.92 Å². The molecule has 1 N–H and O–H groups in total. The van der Waals surface area contributed by atoms with Gasteiger partial charge in [-0.3, -0.25) is 9.10 Å². The van der Waals surface area contributed by atoms with Gasteiger partial charge in [0.15, 0.2) is 0 Å². The minimum Gasteiger partial charge on any atom is -0.490 e. The number of nitrogens with one attached hydrogen (secondary N) is 1. The molecule has 1 atom stereocenters. The van der Waals surface area contributed by atoms with Crippen molar-refractivity contribution < 1.29 is 17.9 Å². The van der Waals surface area contributed by atoms with Crippen molar-refractivity contribution in [2.75, 3.05) is 23.7 Å². The number of benzene rings is 2. The van der Waals surface area contributed by atoms with Crippen LogP contribution in [0.5, 0.6) is 5.75 Å². The molecule has 0 aliphatic heterocycles. The molecule has 0 fully saturated rings. The third-order valence-corrected chi connectivity index (χ3v) is 5.61. The number of amides is 1. The van der Waals surface area contributed by atoms with E-state index in [1.807, 2.05) is 19.1 Å². The largest absolute Gasteiger partial charge is 0.490 e. The zero-order valence-corrected chi connectivity index (χ0v) is 17.8. The molecule has 8 heteroatoms. The Balaban J connectivity index is 2.05. The first kappa shape index (κ1) is 22.0. The highest BCUT2D eigenvalue weighted by Gasteiger charge is 2.31. The van der Waals surface area contributed by atoms with Gasteiger partial charge in [-0.2, -0.15) is 0 Å². The molecule has 0 saturated heterocycles. The Morgan fingerprint density at radius 1 is 1.18 bits per heavy atom. The van der Waals surface area contributed by atoms with Crippen LogP contribution in [0.2, 0.25) is 5.02 Å². The van der Waals surface area contributed by atoms with Crippen molar-refractivity contribution >= 4 is 33.2 Å². The Morgan fingerprint density at radius 3 is 2.39 bits per heavy atom. The summed E-state index contributed by atoms with van der Waals surface area (Å²) in [5, 5.41) is 3.23. The van der Waals surface area contributed by atoms with E-state index in [0.29, 0.717) is 22.9 Å². The van der Waals surface area contributed by atoms with E-state index in [1.54, 1.807) is 43.3 Å². The smallest absolute Gasteiger partial charge is 0.244 e. The number of sulfonamides is 1. The summed E-state index contributed by atoms with van der Waals surface area (Å²) in [7, 11) is -3.64. The van der Waals surface area contributed by atoms with Gasteiger partial charge in [0.05, 0.1) is 23.5 Å². The van der Waals surface area contributed by atoms with Crippen LogP contribution in [0.4, 0.5) is 5.69 Å². The third kappa shape index (κ3) is 5.87. The number of anilines is 1. The van der Waals surface area contributed by atoms with Crippen molar-refractivity contribution in [3.8, 4) is 5.75 Å². The number of halogens is 1. The molecule has 0 aromatic heterocycles. The van der Waals surface area contributed by atoms with Crippen LogP contribution in [-0.2, 0) is 14.8 Å². The molecular formula is C20H25ClN2O4S. The molecule has 1 amide bonds. The Kier molecular flexibility index (Phi) is 7.71. The summed E-state index contributed by atoms with van der Waals surface area (Å²) in [5.74, 6) is 0.152. The van der Waals surface area contributed by atoms with Gasteiger partial charge in [-0.15, -0.1) is 0 Å². The maximum atomic E-state index is 12.7. The van der Waals surface area contributed by atoms with Crippen molar-refractivity contribution in [1.82, 2.24) is 5.32 Å². The van der Waals surface area contributed by atoms with Crippen molar-refractivity contribution in [2.45, 2.75) is 26.3 Å². The lowest BCUT2D eigenvalue weighted by atomic mass is 10.1. The number of para-hydroxylation sites is 1. The Hall–Kier alpha value is -2.25. The highest BCUT2D eigenvalue weighted by atomic mass is 35.5. The SMILES string of the molecule is CC[C@@H](C(=O)NCCOc1ccccc1Cl)N(c1ccc(C)cc1)S(C)(=O)=O. The lowest BCUT2D eigenvalue weighted by Gasteiger charge is -2.30. The molecule has 0 bridgehead atoms. The van der Waals surface area contributed by atoms with E-state index in [1.165, 1.54) is 0 Å². The maximum Gasteiger partial charge on any atom is 0.244 e. The number of hydrogen-bond acceptors (Lipinski definition) is 4. The van der Waals surface area contributed by atoms with Crippen molar-refractivity contribution in [1.29, 1.82) is 0 Å². The first-order valence-corrected chi connectivity index (χ1v) is 11.2. The van der Waals surface area contributed by atoms with E-state index in [4.69, 9.17) is 16.3 Å². The number of carbonyl (C=O) groups excluding carboxylic acids is 1. The Labute approximate surface area is 171 Å². The standard InChI is InChI=1S/C20H25ClN2O4S/c1-4-18(23(28(3,25)26)16-11-9-15(2)10-12-16)20(24)22-13-14-27-19-8-6-5-7-17(19)21/h5-12,18H,4,13-14H2,1-3H3,(H,22,24)/t18-/m0/s1. The third-order valence-electron chi connectivity index (χ3n) is 4.11. The van der Waals surface area contributed by atoms with Gasteiger partial charge in [0.1, 0.15) is 18.4 Å². The van der Waals surface area contributed by atoms with Crippen LogP contribution >= 0.6 is 11.6 Å². The predicted molar refractivity (Wildman–Crippen MR) is 113 cm³/mol. The van der Waals surface area contributed by atoms with Crippen molar-refractivity contribution in [3.05, 3.63) is 59.1 Å². The van der Waals surface area contributed by atoms with Gasteiger partial charge in [-0.25, -0.2) is 8.42 Å². The van der Waals surface area contributed by atoms with Crippen LogP contribution in [0.1, 0.15) is 18.9 Å². The number of rotatable bonds is 9. The number of carbonyl (C=O) groups is 1. The zero-order valence-electron chi connectivity index (χ0n) is 16.2. The number of hydrogen-bond donors (Lipinski definition) is 1. The van der Waals surface area contributed by atoms with Gasteiger partial charge in [-0.1, -0.05) is 48.4 Å². The van der Waals surface area contributed by atoms with Crippen LogP contribution < -0.4 is 14.4 Å². The normalized spacial score (nSPS) is 12.3. The fraction of sp³-hybridized carbons (Fsp3) is 0.350. The second kappa shape index (κ2) is 9.80. The zero-order chi connectivity index (χ0) is 20.7. The fourth-order valence-corrected chi connectivity index (χ4v) is 4.17. The Bertz CT molecular complexity index is 901. The minimum absolute atomic E-state index is 0.218.